The van der Waals surface area contributed by atoms with Gasteiger partial charge in [-0.25, -0.2) is 13.2 Å². The number of carboxylic acid groups (broad SMARTS) is 1. The maximum Gasteiger partial charge on any atom is 0.335 e. The molecule has 1 aromatic rings. The van der Waals surface area contributed by atoms with Crippen LogP contribution in [0.25, 0.3) is 0 Å². The van der Waals surface area contributed by atoms with Crippen LogP contribution in [-0.2, 0) is 9.84 Å². The number of sulfone groups is 1. The van der Waals surface area contributed by atoms with Crippen LogP contribution in [0.4, 0.5) is 0 Å². The van der Waals surface area contributed by atoms with Crippen molar-refractivity contribution in [2.24, 2.45) is 0 Å². The Morgan fingerprint density at radius 3 is 2.45 bits per heavy atom. The van der Waals surface area contributed by atoms with Gasteiger partial charge in [0.25, 0.3) is 0 Å². The lowest BCUT2D eigenvalue weighted by molar-refractivity contribution is 0.0696. The molecule has 0 aliphatic rings. The van der Waals surface area contributed by atoms with Gasteiger partial charge in [0.15, 0.2) is 9.84 Å². The smallest absolute Gasteiger partial charge is 0.335 e. The van der Waals surface area contributed by atoms with Crippen molar-refractivity contribution >= 4 is 31.7 Å². The fourth-order valence-corrected chi connectivity index (χ4v) is 4.07. The molecule has 0 aliphatic heterocycles. The van der Waals surface area contributed by atoms with Gasteiger partial charge in [0.1, 0.15) is 0 Å². The SMILES string of the molecule is Cc1c(Br)cc(C(=O)O)cc1S(=O)(=O)CCCCCO. The number of benzene rings is 1. The summed E-state index contributed by atoms with van der Waals surface area (Å²) in [4.78, 5) is 11.0. The molecule has 0 unspecified atom stereocenters. The van der Waals surface area contributed by atoms with E-state index in [1.807, 2.05) is 0 Å². The molecular formula is C13H17BrO5S. The van der Waals surface area contributed by atoms with Crippen molar-refractivity contribution in [3.63, 3.8) is 0 Å². The Morgan fingerprint density at radius 2 is 1.90 bits per heavy atom. The fourth-order valence-electron chi connectivity index (χ4n) is 1.79. The molecule has 20 heavy (non-hydrogen) atoms. The largest absolute Gasteiger partial charge is 0.478 e. The molecule has 0 aliphatic carbocycles. The molecule has 0 fully saturated rings. The predicted octanol–water partition coefficient (Wildman–Crippen LogP) is 2.39. The molecule has 0 bridgehead atoms. The molecule has 0 saturated carbocycles. The molecular weight excluding hydrogens is 348 g/mol. The van der Waals surface area contributed by atoms with Crippen molar-refractivity contribution in [3.8, 4) is 0 Å². The minimum atomic E-state index is -3.52. The van der Waals surface area contributed by atoms with Crippen LogP contribution >= 0.6 is 15.9 Å². The van der Waals surface area contributed by atoms with E-state index in [1.54, 1.807) is 6.92 Å². The maximum absolute atomic E-state index is 12.3. The lowest BCUT2D eigenvalue weighted by Crippen LogP contribution is -2.11. The van der Waals surface area contributed by atoms with Gasteiger partial charge in [-0.1, -0.05) is 22.4 Å². The number of hydrogen-bond donors (Lipinski definition) is 2. The van der Waals surface area contributed by atoms with Crippen LogP contribution in [0.2, 0.25) is 0 Å². The zero-order valence-electron chi connectivity index (χ0n) is 11.1. The number of aliphatic hydroxyl groups excluding tert-OH is 1. The molecule has 0 atom stereocenters. The Morgan fingerprint density at radius 1 is 1.25 bits per heavy atom. The van der Waals surface area contributed by atoms with E-state index in [2.05, 4.69) is 15.9 Å². The zero-order chi connectivity index (χ0) is 15.3. The molecule has 112 valence electrons. The molecule has 0 heterocycles. The monoisotopic (exact) mass is 364 g/mol. The molecule has 2 N–H and O–H groups in total. The van der Waals surface area contributed by atoms with E-state index in [-0.39, 0.29) is 22.8 Å². The first-order valence-electron chi connectivity index (χ1n) is 6.16. The quantitative estimate of drug-likeness (QED) is 0.724. The number of rotatable bonds is 7. The third-order valence-corrected chi connectivity index (χ3v) is 5.69. The van der Waals surface area contributed by atoms with Crippen molar-refractivity contribution in [2.45, 2.75) is 31.1 Å². The van der Waals surface area contributed by atoms with E-state index in [4.69, 9.17) is 10.2 Å². The van der Waals surface area contributed by atoms with E-state index in [0.29, 0.717) is 29.3 Å². The molecule has 7 heteroatoms. The Bertz CT molecular complexity index is 595. The number of aliphatic hydroxyl groups is 1. The van der Waals surface area contributed by atoms with Crippen molar-refractivity contribution in [1.82, 2.24) is 0 Å². The number of carboxylic acids is 1. The molecule has 5 nitrogen and oxygen atoms in total. The van der Waals surface area contributed by atoms with Crippen LogP contribution in [-0.4, -0.2) is 37.0 Å². The Kier molecular flexibility index (Phi) is 6.16. The lowest BCUT2D eigenvalue weighted by atomic mass is 10.1. The normalized spacial score (nSPS) is 11.6. The number of hydrogen-bond acceptors (Lipinski definition) is 4. The summed E-state index contributed by atoms with van der Waals surface area (Å²) in [6.45, 7) is 1.68. The van der Waals surface area contributed by atoms with Gasteiger partial charge in [0, 0.05) is 11.1 Å². The number of halogens is 1. The third-order valence-electron chi connectivity index (χ3n) is 2.95. The van der Waals surface area contributed by atoms with Gasteiger partial charge in [0.05, 0.1) is 16.2 Å². The second-order valence-corrected chi connectivity index (χ2v) is 7.42. The van der Waals surface area contributed by atoms with Crippen LogP contribution < -0.4 is 0 Å². The van der Waals surface area contributed by atoms with E-state index in [9.17, 15) is 13.2 Å². The summed E-state index contributed by atoms with van der Waals surface area (Å²) in [5.74, 6) is -1.22. The zero-order valence-corrected chi connectivity index (χ0v) is 13.5. The highest BCUT2D eigenvalue weighted by Gasteiger charge is 2.20. The molecule has 0 saturated heterocycles. The van der Waals surface area contributed by atoms with E-state index in [1.165, 1.54) is 12.1 Å². The van der Waals surface area contributed by atoms with Gasteiger partial charge >= 0.3 is 5.97 Å². The van der Waals surface area contributed by atoms with Gasteiger partial charge in [-0.15, -0.1) is 0 Å². The number of aromatic carboxylic acids is 1. The molecule has 1 rings (SSSR count). The summed E-state index contributed by atoms with van der Waals surface area (Å²) in [6, 6.07) is 2.59. The second kappa shape index (κ2) is 7.19. The summed E-state index contributed by atoms with van der Waals surface area (Å²) in [5.41, 5.74) is 0.452. The lowest BCUT2D eigenvalue weighted by Gasteiger charge is -2.10. The summed E-state index contributed by atoms with van der Waals surface area (Å²) >= 11 is 3.19. The summed E-state index contributed by atoms with van der Waals surface area (Å²) in [5, 5.41) is 17.7. The van der Waals surface area contributed by atoms with Gasteiger partial charge in [-0.05, 0) is 37.5 Å². The standard InChI is InChI=1S/C13H17BrO5S/c1-9-11(14)7-10(13(16)17)8-12(9)20(18,19)6-4-2-3-5-15/h7-8,15H,2-6H2,1H3,(H,16,17). The Labute approximate surface area is 126 Å². The summed E-state index contributed by atoms with van der Waals surface area (Å²) in [6.07, 6.45) is 1.62. The van der Waals surface area contributed by atoms with Crippen molar-refractivity contribution in [1.29, 1.82) is 0 Å². The minimum Gasteiger partial charge on any atom is -0.478 e. The van der Waals surface area contributed by atoms with Crippen molar-refractivity contribution < 1.29 is 23.4 Å². The van der Waals surface area contributed by atoms with Crippen LogP contribution in [0.3, 0.4) is 0 Å². The highest BCUT2D eigenvalue weighted by atomic mass is 79.9. The highest BCUT2D eigenvalue weighted by molar-refractivity contribution is 9.10. The van der Waals surface area contributed by atoms with E-state index in [0.717, 1.165) is 0 Å². The molecule has 1 aromatic carbocycles. The summed E-state index contributed by atoms with van der Waals surface area (Å²) < 4.78 is 25.0. The second-order valence-electron chi connectivity index (χ2n) is 4.49. The molecule has 0 aromatic heterocycles. The molecule has 0 amide bonds. The minimum absolute atomic E-state index is 0.0408. The fraction of sp³-hybridized carbons (Fsp3) is 0.462. The van der Waals surface area contributed by atoms with Crippen molar-refractivity contribution in [3.05, 3.63) is 27.7 Å². The average molecular weight is 365 g/mol. The van der Waals surface area contributed by atoms with Crippen LogP contribution in [0, 0.1) is 6.92 Å². The highest BCUT2D eigenvalue weighted by Crippen LogP contribution is 2.27. The van der Waals surface area contributed by atoms with Gasteiger partial charge in [-0.2, -0.15) is 0 Å². The Hall–Kier alpha value is -0.920. The molecule has 0 radical (unpaired) electrons. The number of carbonyl (C=O) groups is 1. The summed E-state index contributed by atoms with van der Waals surface area (Å²) in [7, 11) is -3.52. The van der Waals surface area contributed by atoms with Gasteiger partial charge < -0.3 is 10.2 Å². The number of unbranched alkanes of at least 4 members (excludes halogenated alkanes) is 2. The third kappa shape index (κ3) is 4.29. The van der Waals surface area contributed by atoms with E-state index >= 15 is 0 Å². The predicted molar refractivity (Wildman–Crippen MR) is 78.8 cm³/mol. The Balaban J connectivity index is 3.07. The van der Waals surface area contributed by atoms with E-state index < -0.39 is 15.8 Å². The van der Waals surface area contributed by atoms with Gasteiger partial charge in [-0.3, -0.25) is 0 Å². The first-order chi connectivity index (χ1) is 9.29. The first kappa shape index (κ1) is 17.1. The van der Waals surface area contributed by atoms with Crippen LogP contribution in [0.5, 0.6) is 0 Å². The maximum atomic E-state index is 12.3. The topological polar surface area (TPSA) is 91.7 Å². The van der Waals surface area contributed by atoms with Gasteiger partial charge in [0.2, 0.25) is 0 Å². The van der Waals surface area contributed by atoms with Crippen LogP contribution in [0.15, 0.2) is 21.5 Å². The van der Waals surface area contributed by atoms with Crippen molar-refractivity contribution in [2.75, 3.05) is 12.4 Å². The molecule has 0 spiro atoms. The van der Waals surface area contributed by atoms with Crippen LogP contribution in [0.1, 0.15) is 35.2 Å². The first-order valence-corrected chi connectivity index (χ1v) is 8.61. The average Bonchev–Trinajstić information content (AvgIpc) is 2.37.